The molecular formula is C15H16F2O5. The van der Waals surface area contributed by atoms with E-state index in [9.17, 15) is 24.1 Å². The largest absolute Gasteiger partial charge is 0.464 e. The molecule has 0 spiro atoms. The van der Waals surface area contributed by atoms with Gasteiger partial charge in [-0.25, -0.2) is 8.78 Å². The van der Waals surface area contributed by atoms with E-state index in [0.29, 0.717) is 5.56 Å². The van der Waals surface area contributed by atoms with Gasteiger partial charge in [-0.05, 0) is 24.6 Å². The van der Waals surface area contributed by atoms with Crippen LogP contribution in [0.15, 0.2) is 28.9 Å². The third kappa shape index (κ3) is 2.40. The standard InChI is InChI=1S/C15H16F2O5/c1-6-11(18)13(20)14(22-6)12(19)7-2-3-10-8(4-7)9(5-21-10)15(16)17/h2-6,11-15,18-20H,1H3/t6-,11-,12+,13-,14+/m0/s1. The zero-order valence-electron chi connectivity index (χ0n) is 11.7. The molecule has 1 saturated heterocycles. The molecule has 7 heteroatoms. The van der Waals surface area contributed by atoms with Crippen molar-refractivity contribution in [3.8, 4) is 0 Å². The van der Waals surface area contributed by atoms with Crippen LogP contribution in [-0.4, -0.2) is 39.7 Å². The Kier molecular flexibility index (Phi) is 3.90. The average Bonchev–Trinajstić information content (AvgIpc) is 3.02. The van der Waals surface area contributed by atoms with E-state index >= 15 is 0 Å². The lowest BCUT2D eigenvalue weighted by Gasteiger charge is -2.21. The van der Waals surface area contributed by atoms with Crippen LogP contribution in [0.3, 0.4) is 0 Å². The van der Waals surface area contributed by atoms with E-state index in [2.05, 4.69) is 0 Å². The highest BCUT2D eigenvalue weighted by Gasteiger charge is 2.44. The average molecular weight is 314 g/mol. The monoisotopic (exact) mass is 314 g/mol. The van der Waals surface area contributed by atoms with Gasteiger partial charge in [0.05, 0.1) is 11.7 Å². The molecule has 22 heavy (non-hydrogen) atoms. The van der Waals surface area contributed by atoms with E-state index in [-0.39, 0.29) is 16.5 Å². The van der Waals surface area contributed by atoms with Gasteiger partial charge in [-0.15, -0.1) is 0 Å². The molecular weight excluding hydrogens is 298 g/mol. The number of hydrogen-bond acceptors (Lipinski definition) is 5. The second kappa shape index (κ2) is 5.58. The molecule has 0 saturated carbocycles. The van der Waals surface area contributed by atoms with Crippen LogP contribution in [0.2, 0.25) is 0 Å². The first kappa shape index (κ1) is 15.4. The summed E-state index contributed by atoms with van der Waals surface area (Å²) in [5.41, 5.74) is 0.332. The molecule has 2 aromatic rings. The van der Waals surface area contributed by atoms with E-state index in [1.165, 1.54) is 18.2 Å². The summed E-state index contributed by atoms with van der Waals surface area (Å²) in [6.45, 7) is 1.58. The first-order chi connectivity index (χ1) is 10.4. The first-order valence-corrected chi connectivity index (χ1v) is 6.89. The maximum Gasteiger partial charge on any atom is 0.267 e. The fourth-order valence-electron chi connectivity index (χ4n) is 2.75. The van der Waals surface area contributed by atoms with Crippen LogP contribution in [0, 0.1) is 0 Å². The van der Waals surface area contributed by atoms with Crippen molar-refractivity contribution >= 4 is 11.0 Å². The highest BCUT2D eigenvalue weighted by Crippen LogP contribution is 2.35. The number of benzene rings is 1. The molecule has 1 aromatic heterocycles. The molecule has 120 valence electrons. The topological polar surface area (TPSA) is 83.1 Å². The number of halogens is 2. The maximum atomic E-state index is 12.9. The fraction of sp³-hybridized carbons (Fsp3) is 0.467. The minimum atomic E-state index is -2.69. The summed E-state index contributed by atoms with van der Waals surface area (Å²) in [5, 5.41) is 30.1. The van der Waals surface area contributed by atoms with Crippen molar-refractivity contribution in [1.82, 2.24) is 0 Å². The van der Waals surface area contributed by atoms with E-state index < -0.39 is 36.9 Å². The summed E-state index contributed by atoms with van der Waals surface area (Å²) in [7, 11) is 0. The lowest BCUT2D eigenvalue weighted by molar-refractivity contribution is -0.0635. The Bertz CT molecular complexity index is 671. The second-order valence-corrected chi connectivity index (χ2v) is 5.48. The highest BCUT2D eigenvalue weighted by atomic mass is 19.3. The van der Waals surface area contributed by atoms with Gasteiger partial charge in [0.25, 0.3) is 6.43 Å². The highest BCUT2D eigenvalue weighted by molar-refractivity contribution is 5.82. The maximum absolute atomic E-state index is 12.9. The number of alkyl halides is 2. The minimum absolute atomic E-state index is 0.202. The van der Waals surface area contributed by atoms with Crippen LogP contribution in [0.4, 0.5) is 8.78 Å². The summed E-state index contributed by atoms with van der Waals surface area (Å²) in [6, 6.07) is 4.37. The molecule has 1 aromatic carbocycles. The van der Waals surface area contributed by atoms with Crippen LogP contribution in [0.5, 0.6) is 0 Å². The third-order valence-electron chi connectivity index (χ3n) is 4.05. The number of fused-ring (bicyclic) bond motifs is 1. The third-order valence-corrected chi connectivity index (χ3v) is 4.05. The molecule has 3 rings (SSSR count). The van der Waals surface area contributed by atoms with Crippen LogP contribution in [0.1, 0.15) is 30.6 Å². The first-order valence-electron chi connectivity index (χ1n) is 6.89. The number of rotatable bonds is 3. The number of aliphatic hydroxyl groups excluding tert-OH is 3. The Morgan fingerprint density at radius 3 is 2.50 bits per heavy atom. The van der Waals surface area contributed by atoms with E-state index in [0.717, 1.165) is 6.26 Å². The van der Waals surface area contributed by atoms with Crippen molar-refractivity contribution in [1.29, 1.82) is 0 Å². The quantitative estimate of drug-likeness (QED) is 0.806. The van der Waals surface area contributed by atoms with Gasteiger partial charge in [-0.3, -0.25) is 0 Å². The molecule has 3 N–H and O–H groups in total. The van der Waals surface area contributed by atoms with Crippen LogP contribution < -0.4 is 0 Å². The molecule has 1 aliphatic rings. The van der Waals surface area contributed by atoms with E-state index in [1.807, 2.05) is 0 Å². The Hall–Kier alpha value is -1.54. The Labute approximate surface area is 124 Å². The molecule has 0 bridgehead atoms. The van der Waals surface area contributed by atoms with E-state index in [1.54, 1.807) is 6.92 Å². The van der Waals surface area contributed by atoms with Crippen LogP contribution in [0.25, 0.3) is 11.0 Å². The predicted octanol–water partition coefficient (Wildman–Crippen LogP) is 1.91. The predicted molar refractivity (Wildman–Crippen MR) is 72.5 cm³/mol. The lowest BCUT2D eigenvalue weighted by Crippen LogP contribution is -2.34. The van der Waals surface area contributed by atoms with Crippen molar-refractivity contribution in [2.75, 3.05) is 0 Å². The van der Waals surface area contributed by atoms with Gasteiger partial charge in [0.15, 0.2) is 0 Å². The Morgan fingerprint density at radius 2 is 1.91 bits per heavy atom. The summed E-state index contributed by atoms with van der Waals surface area (Å²) >= 11 is 0. The molecule has 0 unspecified atom stereocenters. The Morgan fingerprint density at radius 1 is 1.18 bits per heavy atom. The van der Waals surface area contributed by atoms with Gasteiger partial charge in [-0.2, -0.15) is 0 Å². The van der Waals surface area contributed by atoms with Gasteiger partial charge in [0.1, 0.15) is 36.3 Å². The normalized spacial score (nSPS) is 30.3. The van der Waals surface area contributed by atoms with Crippen LogP contribution >= 0.6 is 0 Å². The lowest BCUT2D eigenvalue weighted by atomic mass is 9.97. The zero-order valence-corrected chi connectivity index (χ0v) is 11.7. The summed E-state index contributed by atoms with van der Waals surface area (Å²) in [6.07, 6.45) is -6.96. The van der Waals surface area contributed by atoms with Gasteiger partial charge < -0.3 is 24.5 Å². The van der Waals surface area contributed by atoms with Crippen molar-refractivity contribution in [2.24, 2.45) is 0 Å². The van der Waals surface area contributed by atoms with Crippen LogP contribution in [-0.2, 0) is 4.74 Å². The number of aliphatic hydroxyl groups is 3. The summed E-state index contributed by atoms with van der Waals surface area (Å²) in [4.78, 5) is 0. The zero-order chi connectivity index (χ0) is 16.0. The molecule has 1 fully saturated rings. The number of furan rings is 1. The molecule has 0 amide bonds. The van der Waals surface area contributed by atoms with Gasteiger partial charge in [0.2, 0.25) is 0 Å². The van der Waals surface area contributed by atoms with Crippen molar-refractivity contribution < 1.29 is 33.3 Å². The molecule has 5 nitrogen and oxygen atoms in total. The Balaban J connectivity index is 1.94. The van der Waals surface area contributed by atoms with Gasteiger partial charge in [-0.1, -0.05) is 6.07 Å². The smallest absolute Gasteiger partial charge is 0.267 e. The van der Waals surface area contributed by atoms with Crippen molar-refractivity contribution in [3.05, 3.63) is 35.6 Å². The number of ether oxygens (including phenoxy) is 1. The van der Waals surface area contributed by atoms with Gasteiger partial charge in [0, 0.05) is 5.39 Å². The fourth-order valence-corrected chi connectivity index (χ4v) is 2.75. The van der Waals surface area contributed by atoms with Crippen molar-refractivity contribution in [3.63, 3.8) is 0 Å². The summed E-state index contributed by atoms with van der Waals surface area (Å²) in [5.74, 6) is 0. The summed E-state index contributed by atoms with van der Waals surface area (Å²) < 4.78 is 36.2. The molecule has 0 aliphatic carbocycles. The van der Waals surface area contributed by atoms with Crippen molar-refractivity contribution in [2.45, 2.75) is 43.9 Å². The number of hydrogen-bond donors (Lipinski definition) is 3. The molecule has 0 radical (unpaired) electrons. The SMILES string of the molecule is C[C@@H]1O[C@H]([C@H](O)c2ccc3occ(C(F)F)c3c2)[C@@H](O)[C@H]1O. The minimum Gasteiger partial charge on any atom is -0.464 e. The molecule has 5 atom stereocenters. The second-order valence-electron chi connectivity index (χ2n) is 5.48. The molecule has 1 aliphatic heterocycles. The molecule has 2 heterocycles. The van der Waals surface area contributed by atoms with Gasteiger partial charge >= 0.3 is 0 Å². The van der Waals surface area contributed by atoms with E-state index in [4.69, 9.17) is 9.15 Å².